The summed E-state index contributed by atoms with van der Waals surface area (Å²) in [7, 11) is 8.74. The molecule has 0 fully saturated rings. The predicted octanol–water partition coefficient (Wildman–Crippen LogP) is 5.20. The van der Waals surface area contributed by atoms with E-state index in [1.165, 1.54) is 0 Å². The molecule has 284 valence electrons. The molecule has 8 heteroatoms. The summed E-state index contributed by atoms with van der Waals surface area (Å²) in [5.74, 6) is 0. The molecule has 4 aromatic heterocycles. The van der Waals surface area contributed by atoms with Gasteiger partial charge in [-0.2, -0.15) is 0 Å². The van der Waals surface area contributed by atoms with Gasteiger partial charge in [0.2, 0.25) is 0 Å². The number of fused-ring (bicyclic) bond motifs is 8. The van der Waals surface area contributed by atoms with E-state index in [2.05, 4.69) is 217 Å². The van der Waals surface area contributed by atoms with Crippen LogP contribution in [0.15, 0.2) is 144 Å². The van der Waals surface area contributed by atoms with Gasteiger partial charge in [0.05, 0.1) is 44.2 Å². The first-order valence-electron chi connectivity index (χ1n) is 19.8. The molecule has 9 heterocycles. The highest BCUT2D eigenvalue weighted by Crippen LogP contribution is 2.33. The number of aromatic amines is 4. The molecular formula is C48H52N8. The molecule has 9 rings (SSSR count). The fraction of sp³-hybridized carbons (Fsp3) is 0.250. The highest BCUT2D eigenvalue weighted by atomic mass is 15.2. The standard InChI is InChI=1S/C48H52N8/c1-29-13-9-17-41(53(29)5)45-33-21-23-35(49-33)46(42-18-10-14-30(2)54(42)6)37-25-27-39(51-37)48(44-20-12-16-32(4)56(44)8)40-28-26-38(52-40)47(36-24-22-34(45)50-36)43-19-11-15-31(3)55(43)7/h9-32,49-52H,1-8H3. The predicted molar refractivity (Wildman–Crippen MR) is 230 cm³/mol. The maximum atomic E-state index is 3.96. The number of nitrogens with zero attached hydrogens (tertiary/aromatic N) is 4. The van der Waals surface area contributed by atoms with E-state index >= 15 is 0 Å². The number of aromatic nitrogens is 4. The first-order chi connectivity index (χ1) is 27.1. The molecule has 8 bridgehead atoms. The summed E-state index contributed by atoms with van der Waals surface area (Å²) in [6.45, 7) is 8.97. The van der Waals surface area contributed by atoms with Crippen molar-refractivity contribution in [3.63, 3.8) is 0 Å². The Balaban J connectivity index is 1.42. The van der Waals surface area contributed by atoms with Gasteiger partial charge < -0.3 is 39.5 Å². The van der Waals surface area contributed by atoms with Crippen molar-refractivity contribution < 1.29 is 0 Å². The van der Waals surface area contributed by atoms with Gasteiger partial charge in [-0.15, -0.1) is 0 Å². The quantitative estimate of drug-likeness (QED) is 0.232. The summed E-state index contributed by atoms with van der Waals surface area (Å²) in [5.41, 5.74) is 13.3. The molecule has 0 aliphatic carbocycles. The van der Waals surface area contributed by atoms with E-state index in [-0.39, 0.29) is 24.2 Å². The minimum Gasteiger partial charge on any atom is -0.368 e. The SMILES string of the molecule is CC1C=CC=C(C2=c3ccc([nH]3)=C(C3=CC=CC(C)N3C)c3ccc([nH]3)C(C3=CC=CC(C)N3C)=c3ccc([nH]3)=C(C3=CC=CC(C)N3C)c3ccc2[nH]3)N1C. The van der Waals surface area contributed by atoms with Gasteiger partial charge in [-0.1, -0.05) is 48.6 Å². The molecule has 0 radical (unpaired) electrons. The number of hydrogen-bond donors (Lipinski definition) is 4. The average Bonchev–Trinajstić information content (AvgIpc) is 4.03. The van der Waals surface area contributed by atoms with E-state index in [0.717, 1.165) is 89.3 Å². The van der Waals surface area contributed by atoms with E-state index in [9.17, 15) is 0 Å². The van der Waals surface area contributed by atoms with Crippen LogP contribution in [0.4, 0.5) is 0 Å². The molecule has 4 atom stereocenters. The molecule has 4 aromatic rings. The summed E-state index contributed by atoms with van der Waals surface area (Å²) in [6, 6.07) is 18.9. The zero-order valence-electron chi connectivity index (χ0n) is 33.6. The Labute approximate surface area is 329 Å². The highest BCUT2D eigenvalue weighted by molar-refractivity contribution is 5.84. The number of allylic oxidation sites excluding steroid dienone is 12. The third kappa shape index (κ3) is 5.83. The summed E-state index contributed by atoms with van der Waals surface area (Å²) >= 11 is 0. The maximum absolute atomic E-state index is 3.96. The number of nitrogens with one attached hydrogen (secondary N) is 4. The van der Waals surface area contributed by atoms with Crippen molar-refractivity contribution in [2.45, 2.75) is 51.9 Å². The third-order valence-electron chi connectivity index (χ3n) is 12.5. The molecule has 8 nitrogen and oxygen atoms in total. The van der Waals surface area contributed by atoms with Crippen molar-refractivity contribution in [2.24, 2.45) is 0 Å². The Kier molecular flexibility index (Phi) is 8.72. The van der Waals surface area contributed by atoms with Crippen molar-refractivity contribution in [2.75, 3.05) is 28.2 Å². The first kappa shape index (κ1) is 35.4. The first-order valence-corrected chi connectivity index (χ1v) is 19.8. The van der Waals surface area contributed by atoms with Crippen LogP contribution in [0.1, 0.15) is 50.5 Å². The van der Waals surface area contributed by atoms with Crippen LogP contribution in [-0.4, -0.2) is 91.9 Å². The van der Waals surface area contributed by atoms with Crippen LogP contribution in [0.5, 0.6) is 0 Å². The lowest BCUT2D eigenvalue weighted by molar-refractivity contribution is 0.382. The van der Waals surface area contributed by atoms with Crippen molar-refractivity contribution in [1.29, 1.82) is 0 Å². The normalized spacial score (nSPS) is 23.6. The molecular weight excluding hydrogens is 689 g/mol. The van der Waals surface area contributed by atoms with Crippen molar-refractivity contribution in [3.05, 3.63) is 188 Å². The molecule has 5 aliphatic heterocycles. The molecule has 0 aromatic carbocycles. The van der Waals surface area contributed by atoms with E-state index in [0.29, 0.717) is 0 Å². The van der Waals surface area contributed by atoms with Crippen LogP contribution >= 0.6 is 0 Å². The topological polar surface area (TPSA) is 76.1 Å². The van der Waals surface area contributed by atoms with Crippen LogP contribution in [0.2, 0.25) is 0 Å². The summed E-state index contributed by atoms with van der Waals surface area (Å²) in [6.07, 6.45) is 26.6. The van der Waals surface area contributed by atoms with Gasteiger partial charge in [0, 0.05) is 97.4 Å². The second-order valence-corrected chi connectivity index (χ2v) is 15.8. The molecule has 0 saturated carbocycles. The zero-order chi connectivity index (χ0) is 38.8. The minimum atomic E-state index is 0.247. The Hall–Kier alpha value is -6.28. The monoisotopic (exact) mass is 740 g/mol. The van der Waals surface area contributed by atoms with Gasteiger partial charge in [0.15, 0.2) is 0 Å². The second-order valence-electron chi connectivity index (χ2n) is 15.8. The van der Waals surface area contributed by atoms with E-state index in [4.69, 9.17) is 0 Å². The van der Waals surface area contributed by atoms with Crippen molar-refractivity contribution in [1.82, 2.24) is 39.5 Å². The highest BCUT2D eigenvalue weighted by Gasteiger charge is 2.27. The van der Waals surface area contributed by atoms with Gasteiger partial charge in [-0.05, 0) is 101 Å². The van der Waals surface area contributed by atoms with Gasteiger partial charge in [0.1, 0.15) is 0 Å². The Morgan fingerprint density at radius 1 is 0.339 bits per heavy atom. The van der Waals surface area contributed by atoms with Crippen molar-refractivity contribution in [3.8, 4) is 0 Å². The van der Waals surface area contributed by atoms with Crippen LogP contribution in [0.3, 0.4) is 0 Å². The summed E-state index contributed by atoms with van der Waals surface area (Å²) < 4.78 is 0. The molecule has 56 heavy (non-hydrogen) atoms. The smallest absolute Gasteiger partial charge is 0.0500 e. The molecule has 5 aliphatic rings. The van der Waals surface area contributed by atoms with E-state index < -0.39 is 0 Å². The summed E-state index contributed by atoms with van der Waals surface area (Å²) in [5, 5.41) is 4.18. The fourth-order valence-corrected chi connectivity index (χ4v) is 8.56. The fourth-order valence-electron chi connectivity index (χ4n) is 8.56. The van der Waals surface area contributed by atoms with Gasteiger partial charge in [0.25, 0.3) is 0 Å². The lowest BCUT2D eigenvalue weighted by Gasteiger charge is -2.32. The Morgan fingerprint density at radius 2 is 0.571 bits per heavy atom. The van der Waals surface area contributed by atoms with Crippen LogP contribution in [0, 0.1) is 0 Å². The zero-order valence-corrected chi connectivity index (χ0v) is 33.6. The lowest BCUT2D eigenvalue weighted by Crippen LogP contribution is -2.33. The average molecular weight is 741 g/mol. The third-order valence-corrected chi connectivity index (χ3v) is 12.5. The number of H-pyrrole nitrogens is 4. The molecule has 0 spiro atoms. The number of hydrogen-bond acceptors (Lipinski definition) is 4. The van der Waals surface area contributed by atoms with Crippen molar-refractivity contribution >= 4 is 22.3 Å². The van der Waals surface area contributed by atoms with Crippen LogP contribution in [0.25, 0.3) is 22.3 Å². The van der Waals surface area contributed by atoms with Gasteiger partial charge in [-0.3, -0.25) is 0 Å². The number of rotatable bonds is 4. The summed E-state index contributed by atoms with van der Waals surface area (Å²) in [4.78, 5) is 25.3. The molecule has 0 amide bonds. The Morgan fingerprint density at radius 3 is 0.804 bits per heavy atom. The van der Waals surface area contributed by atoms with Gasteiger partial charge in [-0.25, -0.2) is 0 Å². The molecule has 4 N–H and O–H groups in total. The largest absolute Gasteiger partial charge is 0.368 e. The van der Waals surface area contributed by atoms with E-state index in [1.807, 2.05) is 0 Å². The maximum Gasteiger partial charge on any atom is 0.0500 e. The molecule has 0 saturated heterocycles. The van der Waals surface area contributed by atoms with E-state index in [1.54, 1.807) is 0 Å². The lowest BCUT2D eigenvalue weighted by atomic mass is 10.0. The van der Waals surface area contributed by atoms with Crippen LogP contribution < -0.4 is 21.4 Å². The van der Waals surface area contributed by atoms with Gasteiger partial charge >= 0.3 is 0 Å². The molecule has 4 unspecified atom stereocenters. The van der Waals surface area contributed by atoms with Crippen LogP contribution in [-0.2, 0) is 0 Å². The Bertz CT molecular complexity index is 2370. The minimum absolute atomic E-state index is 0.247. The second kappa shape index (κ2) is 13.8. The number of likely N-dealkylation sites (N-methyl/N-ethyl adjacent to an activating group) is 4.